The Morgan fingerprint density at radius 1 is 1.10 bits per heavy atom. The number of primary sulfonamides is 1. The van der Waals surface area contributed by atoms with Crippen LogP contribution >= 0.6 is 0 Å². The van der Waals surface area contributed by atoms with E-state index in [1.54, 1.807) is 48.5 Å². The van der Waals surface area contributed by atoms with E-state index in [0.29, 0.717) is 28.5 Å². The zero-order chi connectivity index (χ0) is 21.7. The summed E-state index contributed by atoms with van der Waals surface area (Å²) in [7, 11) is -2.24. The molecule has 0 spiro atoms. The van der Waals surface area contributed by atoms with E-state index in [0.717, 1.165) is 0 Å². The highest BCUT2D eigenvalue weighted by Gasteiger charge is 2.13. The highest BCUT2D eigenvalue weighted by Crippen LogP contribution is 2.25. The fraction of sp³-hybridized carbons (Fsp3) is 0.0476. The molecule has 1 heterocycles. The van der Waals surface area contributed by atoms with Crippen molar-refractivity contribution < 1.29 is 22.4 Å². The number of hydrogen-bond acceptors (Lipinski definition) is 6. The number of sulfonamides is 1. The minimum Gasteiger partial charge on any atom is -0.497 e. The van der Waals surface area contributed by atoms with Crippen LogP contribution in [0.4, 0.5) is 5.69 Å². The van der Waals surface area contributed by atoms with Gasteiger partial charge in [-0.1, -0.05) is 0 Å². The van der Waals surface area contributed by atoms with Gasteiger partial charge in [-0.15, -0.1) is 0 Å². The molecule has 3 N–H and O–H groups in total. The number of ether oxygens (including phenoxy) is 1. The van der Waals surface area contributed by atoms with Crippen molar-refractivity contribution in [3.63, 3.8) is 0 Å². The molecule has 1 aromatic heterocycles. The van der Waals surface area contributed by atoms with Crippen LogP contribution in [0.3, 0.4) is 0 Å². The summed E-state index contributed by atoms with van der Waals surface area (Å²) in [5.74, 6) is 0.791. The van der Waals surface area contributed by atoms with Crippen LogP contribution in [0.1, 0.15) is 5.76 Å². The number of nitrogens with zero attached hydrogens (tertiary/aromatic N) is 1. The van der Waals surface area contributed by atoms with Gasteiger partial charge in [0.1, 0.15) is 28.9 Å². The Morgan fingerprint density at radius 2 is 1.77 bits per heavy atom. The summed E-state index contributed by atoms with van der Waals surface area (Å²) in [5, 5.41) is 17.1. The molecule has 0 saturated carbocycles. The number of amides is 1. The van der Waals surface area contributed by atoms with Gasteiger partial charge in [-0.25, -0.2) is 13.6 Å². The lowest BCUT2D eigenvalue weighted by Gasteiger charge is -2.05. The van der Waals surface area contributed by atoms with E-state index in [-0.39, 0.29) is 10.5 Å². The molecule has 30 heavy (non-hydrogen) atoms. The number of anilines is 1. The highest BCUT2D eigenvalue weighted by atomic mass is 32.2. The summed E-state index contributed by atoms with van der Waals surface area (Å²) >= 11 is 0. The average Bonchev–Trinajstić information content (AvgIpc) is 3.20. The number of nitrogens with one attached hydrogen (secondary N) is 1. The molecule has 2 aromatic carbocycles. The molecule has 0 radical (unpaired) electrons. The van der Waals surface area contributed by atoms with Gasteiger partial charge in [-0.2, -0.15) is 5.26 Å². The molecule has 1 amide bonds. The maximum atomic E-state index is 12.4. The topological polar surface area (TPSA) is 135 Å². The molecule has 0 atom stereocenters. The van der Waals surface area contributed by atoms with E-state index in [1.165, 1.54) is 25.3 Å². The first-order chi connectivity index (χ1) is 14.3. The van der Waals surface area contributed by atoms with Gasteiger partial charge in [0, 0.05) is 17.3 Å². The van der Waals surface area contributed by atoms with Crippen LogP contribution in [0.2, 0.25) is 0 Å². The van der Waals surface area contributed by atoms with E-state index in [2.05, 4.69) is 5.32 Å². The number of carbonyl (C=O) groups excluding carboxylic acids is 1. The Balaban J connectivity index is 1.77. The van der Waals surface area contributed by atoms with E-state index >= 15 is 0 Å². The Bertz CT molecular complexity index is 1240. The summed E-state index contributed by atoms with van der Waals surface area (Å²) in [6.45, 7) is 0. The average molecular weight is 423 g/mol. The lowest BCUT2D eigenvalue weighted by Crippen LogP contribution is -2.13. The fourth-order valence-corrected chi connectivity index (χ4v) is 3.07. The third-order valence-electron chi connectivity index (χ3n) is 4.09. The molecule has 0 aliphatic rings. The van der Waals surface area contributed by atoms with Crippen LogP contribution in [-0.4, -0.2) is 21.4 Å². The zero-order valence-corrected chi connectivity index (χ0v) is 16.6. The standard InChI is InChI=1S/C21H17N3O5S/c1-28-17-6-4-16(5-7-17)24-21(25)15(13-22)12-18-8-11-20(29-18)14-2-9-19(10-3-14)30(23,26)27/h2-12H,1H3,(H,24,25)(H2,23,26,27)/b15-12-. The SMILES string of the molecule is COc1ccc(NC(=O)/C(C#N)=C\c2ccc(-c3ccc(S(N)(=O)=O)cc3)o2)cc1. The smallest absolute Gasteiger partial charge is 0.266 e. The summed E-state index contributed by atoms with van der Waals surface area (Å²) in [6.07, 6.45) is 1.32. The third-order valence-corrected chi connectivity index (χ3v) is 5.02. The van der Waals surface area contributed by atoms with Gasteiger partial charge in [0.2, 0.25) is 10.0 Å². The molecule has 0 fully saturated rings. The van der Waals surface area contributed by atoms with Gasteiger partial charge in [0.15, 0.2) is 0 Å². The van der Waals surface area contributed by atoms with E-state index in [4.69, 9.17) is 14.3 Å². The Hall–Kier alpha value is -3.87. The van der Waals surface area contributed by atoms with E-state index in [1.807, 2.05) is 6.07 Å². The van der Waals surface area contributed by atoms with Crippen molar-refractivity contribution in [2.75, 3.05) is 12.4 Å². The molecule has 152 valence electrons. The summed E-state index contributed by atoms with van der Waals surface area (Å²) in [4.78, 5) is 12.4. The molecule has 0 aliphatic carbocycles. The first kappa shape index (κ1) is 20.9. The number of furan rings is 1. The Kier molecular flexibility index (Phi) is 6.01. The molecular formula is C21H17N3O5S. The summed E-state index contributed by atoms with van der Waals surface area (Å²) in [6, 6.07) is 17.6. The first-order valence-electron chi connectivity index (χ1n) is 8.60. The molecule has 0 bridgehead atoms. The molecule has 3 aromatic rings. The van der Waals surface area contributed by atoms with Crippen LogP contribution in [0, 0.1) is 11.3 Å². The number of benzene rings is 2. The van der Waals surface area contributed by atoms with Gasteiger partial charge < -0.3 is 14.5 Å². The number of rotatable bonds is 6. The van der Waals surface area contributed by atoms with Crippen LogP contribution in [0.15, 0.2) is 75.5 Å². The maximum Gasteiger partial charge on any atom is 0.266 e. The molecule has 0 saturated heterocycles. The number of hydrogen-bond donors (Lipinski definition) is 2. The van der Waals surface area contributed by atoms with E-state index < -0.39 is 15.9 Å². The second-order valence-corrected chi connectivity index (χ2v) is 7.69. The summed E-state index contributed by atoms with van der Waals surface area (Å²) in [5.41, 5.74) is 0.983. The monoisotopic (exact) mass is 423 g/mol. The molecule has 8 nitrogen and oxygen atoms in total. The van der Waals surface area contributed by atoms with Gasteiger partial charge in [0.05, 0.1) is 12.0 Å². The lowest BCUT2D eigenvalue weighted by molar-refractivity contribution is -0.112. The van der Waals surface area contributed by atoms with Crippen LogP contribution in [0.5, 0.6) is 5.75 Å². The predicted octanol–water partition coefficient (Wildman–Crippen LogP) is 3.15. The van der Waals surface area contributed by atoms with Gasteiger partial charge in [-0.05, 0) is 60.7 Å². The maximum absolute atomic E-state index is 12.4. The number of nitriles is 1. The third kappa shape index (κ3) is 4.94. The number of nitrogens with two attached hydrogens (primary N) is 1. The van der Waals surface area contributed by atoms with Crippen molar-refractivity contribution in [2.24, 2.45) is 5.14 Å². The number of carbonyl (C=O) groups is 1. The Labute approximate surface area is 173 Å². The lowest BCUT2D eigenvalue weighted by atomic mass is 10.2. The van der Waals surface area contributed by atoms with E-state index in [9.17, 15) is 18.5 Å². The summed E-state index contributed by atoms with van der Waals surface area (Å²) < 4.78 is 33.4. The molecule has 9 heteroatoms. The van der Waals surface area contributed by atoms with Crippen molar-refractivity contribution >= 4 is 27.7 Å². The second kappa shape index (κ2) is 8.65. The van der Waals surface area contributed by atoms with Crippen molar-refractivity contribution in [1.29, 1.82) is 5.26 Å². The Morgan fingerprint density at radius 3 is 2.33 bits per heavy atom. The second-order valence-electron chi connectivity index (χ2n) is 6.12. The van der Waals surface area contributed by atoms with Crippen LogP contribution < -0.4 is 15.2 Å². The van der Waals surface area contributed by atoms with Crippen LogP contribution in [0.25, 0.3) is 17.4 Å². The van der Waals surface area contributed by atoms with Crippen LogP contribution in [-0.2, 0) is 14.8 Å². The molecule has 0 unspecified atom stereocenters. The first-order valence-corrected chi connectivity index (χ1v) is 10.1. The number of methoxy groups -OCH3 is 1. The van der Waals surface area contributed by atoms with Crippen molar-refractivity contribution in [2.45, 2.75) is 4.90 Å². The fourth-order valence-electron chi connectivity index (χ4n) is 2.56. The van der Waals surface area contributed by atoms with Crippen molar-refractivity contribution in [1.82, 2.24) is 0 Å². The molecule has 3 rings (SSSR count). The van der Waals surface area contributed by atoms with Crippen molar-refractivity contribution in [3.8, 4) is 23.1 Å². The minimum absolute atomic E-state index is 0.0140. The highest BCUT2D eigenvalue weighted by molar-refractivity contribution is 7.89. The van der Waals surface area contributed by atoms with Gasteiger partial charge in [-0.3, -0.25) is 4.79 Å². The van der Waals surface area contributed by atoms with Crippen molar-refractivity contribution in [3.05, 3.63) is 72.0 Å². The minimum atomic E-state index is -3.78. The quantitative estimate of drug-likeness (QED) is 0.462. The molecule has 0 aliphatic heterocycles. The normalized spacial score (nSPS) is 11.6. The van der Waals surface area contributed by atoms with Gasteiger partial charge in [0.25, 0.3) is 5.91 Å². The predicted molar refractivity (Wildman–Crippen MR) is 111 cm³/mol. The van der Waals surface area contributed by atoms with Gasteiger partial charge >= 0.3 is 0 Å². The zero-order valence-electron chi connectivity index (χ0n) is 15.8. The largest absolute Gasteiger partial charge is 0.497 e. The molecular weight excluding hydrogens is 406 g/mol.